The summed E-state index contributed by atoms with van der Waals surface area (Å²) >= 11 is 0. The fourth-order valence-corrected chi connectivity index (χ4v) is 4.06. The first kappa shape index (κ1) is 26.3. The van der Waals surface area contributed by atoms with E-state index >= 15 is 0 Å². The van der Waals surface area contributed by atoms with E-state index in [9.17, 15) is 14.7 Å². The van der Waals surface area contributed by atoms with Crippen LogP contribution in [0.15, 0.2) is 30.3 Å². The summed E-state index contributed by atoms with van der Waals surface area (Å²) in [6.07, 6.45) is 2.40. The Balaban J connectivity index is 2.14. The second kappa shape index (κ2) is 11.8. The number of aliphatic hydroxyl groups excluding tert-OH is 1. The largest absolute Gasteiger partial charge is 0.390 e. The van der Waals surface area contributed by atoms with E-state index in [1.807, 2.05) is 65.0 Å². The van der Waals surface area contributed by atoms with Crippen LogP contribution in [0.5, 0.6) is 0 Å². The summed E-state index contributed by atoms with van der Waals surface area (Å²) in [6.45, 7) is 10.8. The van der Waals surface area contributed by atoms with Gasteiger partial charge in [-0.15, -0.1) is 0 Å². The summed E-state index contributed by atoms with van der Waals surface area (Å²) < 4.78 is 0. The molecule has 1 fully saturated rings. The van der Waals surface area contributed by atoms with E-state index in [-0.39, 0.29) is 29.3 Å². The molecule has 0 aliphatic carbocycles. The summed E-state index contributed by atoms with van der Waals surface area (Å²) in [4.78, 5) is 27.6. The molecule has 1 aliphatic heterocycles. The van der Waals surface area contributed by atoms with Crippen LogP contribution in [0.4, 0.5) is 0 Å². The molecule has 1 aromatic rings. The summed E-state index contributed by atoms with van der Waals surface area (Å²) in [5.41, 5.74) is 6.76. The van der Waals surface area contributed by atoms with Crippen LogP contribution in [0, 0.1) is 5.92 Å². The maximum atomic E-state index is 12.9. The zero-order chi connectivity index (χ0) is 23.9. The van der Waals surface area contributed by atoms with Gasteiger partial charge in [-0.25, -0.2) is 0 Å². The van der Waals surface area contributed by atoms with Crippen molar-refractivity contribution in [2.45, 2.75) is 90.1 Å². The molecule has 1 saturated heterocycles. The van der Waals surface area contributed by atoms with Crippen LogP contribution in [0.3, 0.4) is 0 Å². The minimum absolute atomic E-state index is 0.00270. The standard InChI is InChI=1S/C25H42N4O3/c1-17(2)22(26)24(32)27-19(15-18-11-7-6-8-12-18)21(30)16-29-14-10-9-13-20(29)23(31)28-25(3,4)5/h6-8,11-12,17,19-22,30H,9-10,13-16,26H2,1-5H3,(H,27,32)(H,28,31)/t19-,20-,21+,22-/m0/s1. The minimum atomic E-state index is -0.832. The molecule has 0 radical (unpaired) electrons. The Kier molecular flexibility index (Phi) is 9.67. The highest BCUT2D eigenvalue weighted by atomic mass is 16.3. The Morgan fingerprint density at radius 1 is 1.19 bits per heavy atom. The quantitative estimate of drug-likeness (QED) is 0.463. The van der Waals surface area contributed by atoms with Crippen LogP contribution < -0.4 is 16.4 Å². The molecule has 0 aromatic heterocycles. The lowest BCUT2D eigenvalue weighted by Crippen LogP contribution is -2.58. The van der Waals surface area contributed by atoms with Crippen LogP contribution in [0.1, 0.15) is 59.4 Å². The lowest BCUT2D eigenvalue weighted by Gasteiger charge is -2.39. The van der Waals surface area contributed by atoms with E-state index in [1.54, 1.807) is 0 Å². The van der Waals surface area contributed by atoms with E-state index in [0.717, 1.165) is 31.4 Å². The Labute approximate surface area is 193 Å². The summed E-state index contributed by atoms with van der Waals surface area (Å²) in [6, 6.07) is 8.38. The van der Waals surface area contributed by atoms with Crippen LogP contribution in [0.25, 0.3) is 0 Å². The van der Waals surface area contributed by atoms with Gasteiger partial charge < -0.3 is 21.5 Å². The van der Waals surface area contributed by atoms with Gasteiger partial charge in [-0.1, -0.05) is 50.6 Å². The minimum Gasteiger partial charge on any atom is -0.390 e. The Morgan fingerprint density at radius 2 is 1.84 bits per heavy atom. The van der Waals surface area contributed by atoms with Crippen molar-refractivity contribution in [3.05, 3.63) is 35.9 Å². The number of hydrogen-bond acceptors (Lipinski definition) is 5. The van der Waals surface area contributed by atoms with Crippen molar-refractivity contribution in [2.24, 2.45) is 11.7 Å². The second-order valence-electron chi connectivity index (χ2n) is 10.4. The lowest BCUT2D eigenvalue weighted by molar-refractivity contribution is -0.130. The first-order valence-electron chi connectivity index (χ1n) is 11.8. The van der Waals surface area contributed by atoms with Gasteiger partial charge >= 0.3 is 0 Å². The Morgan fingerprint density at radius 3 is 2.44 bits per heavy atom. The zero-order valence-electron chi connectivity index (χ0n) is 20.3. The van der Waals surface area contributed by atoms with Gasteiger partial charge in [0.05, 0.1) is 24.2 Å². The first-order valence-corrected chi connectivity index (χ1v) is 11.8. The number of nitrogens with two attached hydrogens (primary N) is 1. The molecule has 2 amide bonds. The third kappa shape index (κ3) is 8.19. The number of carbonyl (C=O) groups excluding carboxylic acids is 2. The number of β-amino-alcohol motifs (C(OH)–C–C–N with tert-alkyl or cyclic N) is 1. The van der Waals surface area contributed by atoms with Gasteiger partial charge in [0, 0.05) is 12.1 Å². The first-order chi connectivity index (χ1) is 15.0. The molecule has 7 heteroatoms. The molecule has 4 atom stereocenters. The fraction of sp³-hybridized carbons (Fsp3) is 0.680. The fourth-order valence-electron chi connectivity index (χ4n) is 4.06. The number of hydrogen-bond donors (Lipinski definition) is 4. The van der Waals surface area contributed by atoms with Crippen LogP contribution in [0.2, 0.25) is 0 Å². The number of aliphatic hydroxyl groups is 1. The van der Waals surface area contributed by atoms with Crippen molar-refractivity contribution in [2.75, 3.05) is 13.1 Å². The number of carbonyl (C=O) groups is 2. The monoisotopic (exact) mass is 446 g/mol. The molecule has 1 aliphatic rings. The third-order valence-corrected chi connectivity index (χ3v) is 5.95. The zero-order valence-corrected chi connectivity index (χ0v) is 20.3. The van der Waals surface area contributed by atoms with E-state index in [0.29, 0.717) is 13.0 Å². The average molecular weight is 447 g/mol. The van der Waals surface area contributed by atoms with Gasteiger partial charge in [0.15, 0.2) is 0 Å². The summed E-state index contributed by atoms with van der Waals surface area (Å²) in [5.74, 6) is -0.271. The highest BCUT2D eigenvalue weighted by Gasteiger charge is 2.34. The van der Waals surface area contributed by atoms with E-state index < -0.39 is 18.2 Å². The smallest absolute Gasteiger partial charge is 0.237 e. The van der Waals surface area contributed by atoms with E-state index in [1.165, 1.54) is 0 Å². The predicted octanol–water partition coefficient (Wildman–Crippen LogP) is 1.83. The number of rotatable bonds is 9. The third-order valence-electron chi connectivity index (χ3n) is 5.95. The Hall–Kier alpha value is -1.96. The predicted molar refractivity (Wildman–Crippen MR) is 128 cm³/mol. The molecule has 1 aromatic carbocycles. The second-order valence-corrected chi connectivity index (χ2v) is 10.4. The molecule has 0 spiro atoms. The molecular formula is C25H42N4O3. The molecule has 2 rings (SSSR count). The maximum Gasteiger partial charge on any atom is 0.237 e. The van der Waals surface area contributed by atoms with Crippen molar-refractivity contribution in [3.8, 4) is 0 Å². The Bertz CT molecular complexity index is 732. The number of piperidine rings is 1. The van der Waals surface area contributed by atoms with Gasteiger partial charge in [-0.2, -0.15) is 0 Å². The molecule has 0 saturated carbocycles. The normalized spacial score (nSPS) is 20.4. The van der Waals surface area contributed by atoms with Crippen molar-refractivity contribution < 1.29 is 14.7 Å². The topological polar surface area (TPSA) is 108 Å². The SMILES string of the molecule is CC(C)[C@H](N)C(=O)N[C@@H](Cc1ccccc1)[C@H](O)CN1CCCC[C@H]1C(=O)NC(C)(C)C. The molecule has 5 N–H and O–H groups in total. The van der Waals surface area contributed by atoms with Gasteiger partial charge in [-0.3, -0.25) is 14.5 Å². The average Bonchev–Trinajstić information content (AvgIpc) is 2.72. The van der Waals surface area contributed by atoms with Crippen molar-refractivity contribution >= 4 is 11.8 Å². The number of benzene rings is 1. The summed E-state index contributed by atoms with van der Waals surface area (Å²) in [7, 11) is 0. The summed E-state index contributed by atoms with van der Waals surface area (Å²) in [5, 5.41) is 17.2. The molecule has 7 nitrogen and oxygen atoms in total. The molecule has 1 heterocycles. The van der Waals surface area contributed by atoms with E-state index in [4.69, 9.17) is 5.73 Å². The van der Waals surface area contributed by atoms with Gasteiger partial charge in [0.25, 0.3) is 0 Å². The molecule has 180 valence electrons. The highest BCUT2D eigenvalue weighted by Crippen LogP contribution is 2.20. The van der Waals surface area contributed by atoms with E-state index in [2.05, 4.69) is 15.5 Å². The molecule has 0 bridgehead atoms. The number of amides is 2. The number of likely N-dealkylation sites (tertiary alicyclic amines) is 1. The van der Waals surface area contributed by atoms with Crippen molar-refractivity contribution in [1.29, 1.82) is 0 Å². The van der Waals surface area contributed by atoms with Gasteiger partial charge in [0.2, 0.25) is 11.8 Å². The van der Waals surface area contributed by atoms with Crippen LogP contribution in [-0.4, -0.2) is 64.7 Å². The maximum absolute atomic E-state index is 12.9. The van der Waals surface area contributed by atoms with Crippen molar-refractivity contribution in [1.82, 2.24) is 15.5 Å². The lowest BCUT2D eigenvalue weighted by atomic mass is 9.96. The number of nitrogens with zero attached hydrogens (tertiary/aromatic N) is 1. The van der Waals surface area contributed by atoms with Crippen LogP contribution >= 0.6 is 0 Å². The van der Waals surface area contributed by atoms with Crippen molar-refractivity contribution in [3.63, 3.8) is 0 Å². The number of nitrogens with one attached hydrogen (secondary N) is 2. The van der Waals surface area contributed by atoms with Gasteiger partial charge in [-0.05, 0) is 58.1 Å². The molecule has 0 unspecified atom stereocenters. The molecule has 32 heavy (non-hydrogen) atoms. The van der Waals surface area contributed by atoms with Crippen LogP contribution in [-0.2, 0) is 16.0 Å². The highest BCUT2D eigenvalue weighted by molar-refractivity contribution is 5.83. The molecular weight excluding hydrogens is 404 g/mol. The van der Waals surface area contributed by atoms with Gasteiger partial charge in [0.1, 0.15) is 0 Å².